The number of amides is 1. The van der Waals surface area contributed by atoms with E-state index in [9.17, 15) is 14.1 Å². The van der Waals surface area contributed by atoms with Gasteiger partial charge in [-0.15, -0.1) is 4.91 Å². The van der Waals surface area contributed by atoms with Gasteiger partial charge in [-0.3, -0.25) is 9.69 Å². The Hall–Kier alpha value is -2.02. The van der Waals surface area contributed by atoms with Crippen molar-refractivity contribution in [3.8, 4) is 5.75 Å². The van der Waals surface area contributed by atoms with E-state index in [1.165, 1.54) is 12.1 Å². The summed E-state index contributed by atoms with van der Waals surface area (Å²) < 4.78 is 20.4. The number of nitroso groups, excluding NO2 is 1. The first-order chi connectivity index (χ1) is 14.4. The molecular formula is C22H21Cl2FN2O3. The van der Waals surface area contributed by atoms with E-state index in [-0.39, 0.29) is 11.7 Å². The van der Waals surface area contributed by atoms with Crippen LogP contribution in [0.2, 0.25) is 10.0 Å². The van der Waals surface area contributed by atoms with Crippen LogP contribution >= 0.6 is 23.2 Å². The zero-order valence-corrected chi connectivity index (χ0v) is 17.8. The van der Waals surface area contributed by atoms with E-state index in [1.807, 2.05) is 6.07 Å². The number of rotatable bonds is 6. The molecule has 0 radical (unpaired) electrons. The van der Waals surface area contributed by atoms with Crippen molar-refractivity contribution in [2.45, 2.75) is 44.2 Å². The highest BCUT2D eigenvalue weighted by molar-refractivity contribution is 6.42. The normalized spacial score (nSPS) is 17.7. The van der Waals surface area contributed by atoms with Crippen LogP contribution in [0.4, 0.5) is 4.39 Å². The van der Waals surface area contributed by atoms with E-state index in [4.69, 9.17) is 27.9 Å². The molecule has 158 valence electrons. The molecule has 0 atom stereocenters. The minimum Gasteiger partial charge on any atom is -0.490 e. The maximum Gasteiger partial charge on any atom is 0.319 e. The predicted octanol–water partition coefficient (Wildman–Crippen LogP) is 5.96. The number of benzene rings is 2. The topological polar surface area (TPSA) is 59.0 Å². The van der Waals surface area contributed by atoms with E-state index in [2.05, 4.69) is 10.1 Å². The Morgan fingerprint density at radius 3 is 2.47 bits per heavy atom. The van der Waals surface area contributed by atoms with Gasteiger partial charge >= 0.3 is 5.91 Å². The Morgan fingerprint density at radius 1 is 1.10 bits per heavy atom. The second-order valence-electron chi connectivity index (χ2n) is 7.87. The lowest BCUT2D eigenvalue weighted by atomic mass is 9.97. The number of hydrogen-bond donors (Lipinski definition) is 0. The van der Waals surface area contributed by atoms with E-state index in [0.717, 1.165) is 49.9 Å². The molecule has 0 N–H and O–H groups in total. The molecule has 0 aromatic heterocycles. The molecule has 1 saturated heterocycles. The summed E-state index contributed by atoms with van der Waals surface area (Å²) in [7, 11) is 0. The fourth-order valence-corrected chi connectivity index (χ4v) is 4.21. The monoisotopic (exact) mass is 450 g/mol. The second-order valence-corrected chi connectivity index (χ2v) is 8.69. The fraction of sp³-hybridized carbons (Fsp3) is 0.409. The van der Waals surface area contributed by atoms with Gasteiger partial charge in [0.15, 0.2) is 0 Å². The lowest BCUT2D eigenvalue weighted by molar-refractivity contribution is 0.0964. The third kappa shape index (κ3) is 4.82. The van der Waals surface area contributed by atoms with Gasteiger partial charge in [-0.05, 0) is 67.0 Å². The molecule has 30 heavy (non-hydrogen) atoms. The summed E-state index contributed by atoms with van der Waals surface area (Å²) in [6.07, 6.45) is 3.79. The number of carbonyl (C=O) groups is 1. The number of carbonyl (C=O) groups excluding carboxylic acids is 1. The largest absolute Gasteiger partial charge is 0.490 e. The number of halogens is 3. The quantitative estimate of drug-likeness (QED) is 0.509. The van der Waals surface area contributed by atoms with Crippen LogP contribution < -0.4 is 4.74 Å². The van der Waals surface area contributed by atoms with Crippen LogP contribution in [0.1, 0.15) is 53.1 Å². The smallest absolute Gasteiger partial charge is 0.319 e. The van der Waals surface area contributed by atoms with Gasteiger partial charge in [-0.25, -0.2) is 4.39 Å². The predicted molar refractivity (Wildman–Crippen MR) is 114 cm³/mol. The van der Waals surface area contributed by atoms with E-state index < -0.39 is 11.7 Å². The number of piperidine rings is 1. The van der Waals surface area contributed by atoms with Crippen molar-refractivity contribution >= 4 is 29.1 Å². The SMILES string of the molecule is O=NC(=O)c1cc(C2CC2)c(CN2CCC(Oc3ccc(Cl)c(Cl)c3)CC2)cc1F. The minimum absolute atomic E-state index is 0.0804. The third-order valence-electron chi connectivity index (χ3n) is 5.68. The molecule has 1 saturated carbocycles. The molecule has 2 fully saturated rings. The second kappa shape index (κ2) is 9.00. The summed E-state index contributed by atoms with van der Waals surface area (Å²) in [4.78, 5) is 24.4. The first kappa shape index (κ1) is 21.2. The van der Waals surface area contributed by atoms with Gasteiger partial charge in [0, 0.05) is 30.9 Å². The van der Waals surface area contributed by atoms with Crippen LogP contribution in [0.5, 0.6) is 5.75 Å². The lowest BCUT2D eigenvalue weighted by Crippen LogP contribution is -2.38. The van der Waals surface area contributed by atoms with Gasteiger partial charge in [-0.1, -0.05) is 23.2 Å². The van der Waals surface area contributed by atoms with Crippen LogP contribution in [0.3, 0.4) is 0 Å². The molecule has 2 aromatic carbocycles. The van der Waals surface area contributed by atoms with Crippen molar-refractivity contribution in [1.29, 1.82) is 0 Å². The van der Waals surface area contributed by atoms with Crippen molar-refractivity contribution in [2.24, 2.45) is 5.18 Å². The number of hydrogen-bond acceptors (Lipinski definition) is 4. The van der Waals surface area contributed by atoms with Crippen LogP contribution in [0.15, 0.2) is 35.5 Å². The highest BCUT2D eigenvalue weighted by atomic mass is 35.5. The number of ether oxygens (including phenoxy) is 1. The van der Waals surface area contributed by atoms with Gasteiger partial charge in [-0.2, -0.15) is 0 Å². The summed E-state index contributed by atoms with van der Waals surface area (Å²) in [5.74, 6) is -0.711. The molecule has 2 aromatic rings. The molecule has 1 aliphatic carbocycles. The first-order valence-electron chi connectivity index (χ1n) is 9.98. The maximum absolute atomic E-state index is 14.4. The summed E-state index contributed by atoms with van der Waals surface area (Å²) >= 11 is 12.0. The minimum atomic E-state index is -1.05. The molecule has 0 unspecified atom stereocenters. The molecule has 4 rings (SSSR count). The van der Waals surface area contributed by atoms with Gasteiger partial charge in [0.05, 0.1) is 15.6 Å². The van der Waals surface area contributed by atoms with Gasteiger partial charge < -0.3 is 4.74 Å². The van der Waals surface area contributed by atoms with Crippen molar-refractivity contribution in [2.75, 3.05) is 13.1 Å². The Kier molecular flexibility index (Phi) is 6.37. The molecule has 8 heteroatoms. The van der Waals surface area contributed by atoms with Crippen LogP contribution in [-0.4, -0.2) is 30.0 Å². The Balaban J connectivity index is 1.40. The Labute approximate surface area is 184 Å². The summed E-state index contributed by atoms with van der Waals surface area (Å²) in [6, 6.07) is 8.16. The molecule has 2 aliphatic rings. The zero-order valence-electron chi connectivity index (χ0n) is 16.2. The molecule has 0 bridgehead atoms. The number of likely N-dealkylation sites (tertiary alicyclic amines) is 1. The Bertz CT molecular complexity index is 973. The molecule has 1 aliphatic heterocycles. The Morgan fingerprint density at radius 2 is 1.83 bits per heavy atom. The highest BCUT2D eigenvalue weighted by Crippen LogP contribution is 2.43. The molecular weight excluding hydrogens is 430 g/mol. The van der Waals surface area contributed by atoms with E-state index in [1.54, 1.807) is 12.1 Å². The summed E-state index contributed by atoms with van der Waals surface area (Å²) in [5.41, 5.74) is 1.60. The van der Waals surface area contributed by atoms with E-state index in [0.29, 0.717) is 28.3 Å². The van der Waals surface area contributed by atoms with Crippen molar-refractivity contribution in [3.63, 3.8) is 0 Å². The van der Waals surface area contributed by atoms with Crippen LogP contribution in [-0.2, 0) is 6.54 Å². The third-order valence-corrected chi connectivity index (χ3v) is 6.42. The standard InChI is InChI=1S/C22H21Cl2FN2O3/c23-19-4-3-16(10-20(19)24)30-15-5-7-27(8-6-15)12-14-9-21(25)18(22(28)26-29)11-17(14)13-1-2-13/h3-4,9-11,13,15H,1-2,5-8,12H2. The van der Waals surface area contributed by atoms with Gasteiger partial charge in [0.25, 0.3) is 0 Å². The average molecular weight is 451 g/mol. The molecule has 0 spiro atoms. The van der Waals surface area contributed by atoms with Crippen molar-refractivity contribution < 1.29 is 13.9 Å². The summed E-state index contributed by atoms with van der Waals surface area (Å²) in [6.45, 7) is 2.23. The maximum atomic E-state index is 14.4. The van der Waals surface area contributed by atoms with Crippen LogP contribution in [0.25, 0.3) is 0 Å². The number of nitrogens with zero attached hydrogens (tertiary/aromatic N) is 2. The zero-order chi connectivity index (χ0) is 21.3. The highest BCUT2D eigenvalue weighted by Gasteiger charge is 2.30. The average Bonchev–Trinajstić information content (AvgIpc) is 3.57. The van der Waals surface area contributed by atoms with Crippen LogP contribution in [0, 0.1) is 10.7 Å². The fourth-order valence-electron chi connectivity index (χ4n) is 3.92. The summed E-state index contributed by atoms with van der Waals surface area (Å²) in [5, 5.41) is 3.33. The van der Waals surface area contributed by atoms with Gasteiger partial charge in [0.2, 0.25) is 0 Å². The molecule has 1 amide bonds. The van der Waals surface area contributed by atoms with E-state index >= 15 is 0 Å². The molecule has 1 heterocycles. The van der Waals surface area contributed by atoms with Crippen molar-refractivity contribution in [3.05, 3.63) is 67.8 Å². The van der Waals surface area contributed by atoms with Gasteiger partial charge in [0.1, 0.15) is 17.7 Å². The molecule has 5 nitrogen and oxygen atoms in total. The lowest BCUT2D eigenvalue weighted by Gasteiger charge is -2.32. The first-order valence-corrected chi connectivity index (χ1v) is 10.7. The van der Waals surface area contributed by atoms with Crippen molar-refractivity contribution in [1.82, 2.24) is 4.90 Å².